The van der Waals surface area contributed by atoms with Crippen molar-refractivity contribution in [2.24, 2.45) is 0 Å². The monoisotopic (exact) mass is 228 g/mol. The second kappa shape index (κ2) is 3.55. The van der Waals surface area contributed by atoms with Gasteiger partial charge in [0, 0.05) is 5.39 Å². The molecule has 3 rings (SSSR count). The van der Waals surface area contributed by atoms with E-state index in [2.05, 4.69) is 14.7 Å². The quantitative estimate of drug-likeness (QED) is 0.597. The molecule has 0 fully saturated rings. The Balaban J connectivity index is 2.33. The van der Waals surface area contributed by atoms with E-state index in [0.717, 1.165) is 5.39 Å². The molecule has 2 heterocycles. The van der Waals surface area contributed by atoms with Crippen molar-refractivity contribution in [2.75, 3.05) is 7.11 Å². The molecule has 0 amide bonds. The summed E-state index contributed by atoms with van der Waals surface area (Å²) in [7, 11) is 1.35. The molecule has 0 aliphatic rings. The van der Waals surface area contributed by atoms with Crippen LogP contribution in [0.4, 0.5) is 0 Å². The molecule has 0 saturated carbocycles. The molecule has 0 aliphatic carbocycles. The highest BCUT2D eigenvalue weighted by Gasteiger charge is 2.11. The lowest BCUT2D eigenvalue weighted by Gasteiger charge is -1.97. The lowest BCUT2D eigenvalue weighted by Crippen LogP contribution is -2.00. The topological polar surface area (TPSA) is 65.2 Å². The summed E-state index contributed by atoms with van der Waals surface area (Å²) in [4.78, 5) is 19.5. The number of furan rings is 1. The van der Waals surface area contributed by atoms with Crippen molar-refractivity contribution in [3.05, 3.63) is 36.3 Å². The van der Waals surface area contributed by atoms with Crippen LogP contribution in [0.5, 0.6) is 0 Å². The van der Waals surface area contributed by atoms with Crippen molar-refractivity contribution in [1.82, 2.24) is 9.97 Å². The molecule has 0 radical (unpaired) electrons. The van der Waals surface area contributed by atoms with Crippen LogP contribution in [-0.4, -0.2) is 23.0 Å². The van der Waals surface area contributed by atoms with Crippen LogP contribution in [-0.2, 0) is 4.74 Å². The third-order valence-electron chi connectivity index (χ3n) is 2.55. The van der Waals surface area contributed by atoms with Gasteiger partial charge in [0.15, 0.2) is 5.58 Å². The SMILES string of the molecule is COC(=O)c1ccc2oc3cncnc3c2c1. The van der Waals surface area contributed by atoms with E-state index >= 15 is 0 Å². The minimum absolute atomic E-state index is 0.379. The van der Waals surface area contributed by atoms with Gasteiger partial charge in [-0.25, -0.2) is 14.8 Å². The summed E-state index contributed by atoms with van der Waals surface area (Å²) in [5, 5.41) is 0.783. The zero-order chi connectivity index (χ0) is 11.8. The fourth-order valence-corrected chi connectivity index (χ4v) is 1.76. The molecule has 0 atom stereocenters. The second-order valence-corrected chi connectivity index (χ2v) is 3.54. The van der Waals surface area contributed by atoms with Crippen LogP contribution in [0, 0.1) is 0 Å². The molecule has 0 aliphatic heterocycles. The number of hydrogen-bond donors (Lipinski definition) is 0. The van der Waals surface area contributed by atoms with Gasteiger partial charge in [0.05, 0.1) is 18.9 Å². The van der Waals surface area contributed by atoms with Gasteiger partial charge in [-0.15, -0.1) is 0 Å². The third-order valence-corrected chi connectivity index (χ3v) is 2.55. The normalized spacial score (nSPS) is 10.9. The molecule has 17 heavy (non-hydrogen) atoms. The smallest absolute Gasteiger partial charge is 0.337 e. The Kier molecular flexibility index (Phi) is 2.04. The van der Waals surface area contributed by atoms with Gasteiger partial charge in [-0.2, -0.15) is 0 Å². The van der Waals surface area contributed by atoms with Crippen molar-refractivity contribution in [3.8, 4) is 0 Å². The fourth-order valence-electron chi connectivity index (χ4n) is 1.76. The molecule has 2 aromatic heterocycles. The van der Waals surface area contributed by atoms with Gasteiger partial charge < -0.3 is 9.15 Å². The van der Waals surface area contributed by atoms with Gasteiger partial charge in [-0.1, -0.05) is 0 Å². The van der Waals surface area contributed by atoms with Crippen LogP contribution in [0.2, 0.25) is 0 Å². The van der Waals surface area contributed by atoms with E-state index in [1.807, 2.05) is 0 Å². The maximum absolute atomic E-state index is 11.4. The molecule has 84 valence electrons. The molecular weight excluding hydrogens is 220 g/mol. The van der Waals surface area contributed by atoms with E-state index in [0.29, 0.717) is 22.2 Å². The Morgan fingerprint density at radius 2 is 2.24 bits per heavy atom. The molecule has 1 aromatic carbocycles. The van der Waals surface area contributed by atoms with Gasteiger partial charge in [0.25, 0.3) is 0 Å². The Labute approximate surface area is 96.0 Å². The first kappa shape index (κ1) is 9.77. The van der Waals surface area contributed by atoms with Gasteiger partial charge in [-0.05, 0) is 18.2 Å². The summed E-state index contributed by atoms with van der Waals surface area (Å²) in [5.74, 6) is -0.379. The number of carbonyl (C=O) groups excluding carboxylic acids is 1. The van der Waals surface area contributed by atoms with Crippen molar-refractivity contribution in [2.45, 2.75) is 0 Å². The van der Waals surface area contributed by atoms with Crippen LogP contribution in [0.3, 0.4) is 0 Å². The molecule has 0 bridgehead atoms. The first-order chi connectivity index (χ1) is 8.29. The molecule has 0 spiro atoms. The Bertz CT molecular complexity index is 718. The number of methoxy groups -OCH3 is 1. The van der Waals surface area contributed by atoms with Crippen LogP contribution in [0.1, 0.15) is 10.4 Å². The predicted octanol–water partition coefficient (Wildman–Crippen LogP) is 2.16. The molecule has 5 heteroatoms. The largest absolute Gasteiger partial charge is 0.465 e. The van der Waals surface area contributed by atoms with Crippen molar-refractivity contribution >= 4 is 28.0 Å². The van der Waals surface area contributed by atoms with Crippen LogP contribution in [0.25, 0.3) is 22.1 Å². The number of aromatic nitrogens is 2. The minimum Gasteiger partial charge on any atom is -0.465 e. The maximum atomic E-state index is 11.4. The molecule has 0 saturated heterocycles. The van der Waals surface area contributed by atoms with E-state index < -0.39 is 0 Å². The highest BCUT2D eigenvalue weighted by atomic mass is 16.5. The summed E-state index contributed by atoms with van der Waals surface area (Å²) in [6.07, 6.45) is 3.04. The number of ether oxygens (including phenoxy) is 1. The van der Waals surface area contributed by atoms with Gasteiger partial charge in [0.1, 0.15) is 17.4 Å². The highest BCUT2D eigenvalue weighted by molar-refractivity contribution is 6.05. The standard InChI is InChI=1S/C12H8N2O3/c1-16-12(15)7-2-3-9-8(4-7)11-10(17-9)5-13-6-14-11/h2-6H,1H3. The average molecular weight is 228 g/mol. The Hall–Kier alpha value is -2.43. The van der Waals surface area contributed by atoms with Crippen LogP contribution in [0.15, 0.2) is 35.1 Å². The number of nitrogens with zero attached hydrogens (tertiary/aromatic N) is 2. The summed E-state index contributed by atoms with van der Waals surface area (Å²) in [6.45, 7) is 0. The Morgan fingerprint density at radius 1 is 1.35 bits per heavy atom. The van der Waals surface area contributed by atoms with Gasteiger partial charge in [0.2, 0.25) is 0 Å². The number of fused-ring (bicyclic) bond motifs is 3. The van der Waals surface area contributed by atoms with E-state index in [9.17, 15) is 4.79 Å². The zero-order valence-electron chi connectivity index (χ0n) is 9.01. The van der Waals surface area contributed by atoms with Gasteiger partial charge in [-0.3, -0.25) is 0 Å². The third kappa shape index (κ3) is 1.44. The van der Waals surface area contributed by atoms with Crippen molar-refractivity contribution in [1.29, 1.82) is 0 Å². The number of hydrogen-bond acceptors (Lipinski definition) is 5. The fraction of sp³-hybridized carbons (Fsp3) is 0.0833. The molecule has 5 nitrogen and oxygen atoms in total. The highest BCUT2D eigenvalue weighted by Crippen LogP contribution is 2.27. The average Bonchev–Trinajstić information content (AvgIpc) is 2.75. The van der Waals surface area contributed by atoms with Crippen LogP contribution >= 0.6 is 0 Å². The first-order valence-electron chi connectivity index (χ1n) is 5.00. The molecular formula is C12H8N2O3. The minimum atomic E-state index is -0.379. The number of benzene rings is 1. The van der Waals surface area contributed by atoms with Crippen molar-refractivity contribution < 1.29 is 13.9 Å². The van der Waals surface area contributed by atoms with Crippen LogP contribution < -0.4 is 0 Å². The number of esters is 1. The molecule has 3 aromatic rings. The Morgan fingerprint density at radius 3 is 3.06 bits per heavy atom. The summed E-state index contributed by atoms with van der Waals surface area (Å²) in [5.41, 5.74) is 2.44. The van der Waals surface area contributed by atoms with Crippen molar-refractivity contribution in [3.63, 3.8) is 0 Å². The van der Waals surface area contributed by atoms with E-state index in [4.69, 9.17) is 4.42 Å². The van der Waals surface area contributed by atoms with E-state index in [1.165, 1.54) is 13.4 Å². The zero-order valence-corrected chi connectivity index (χ0v) is 9.01. The maximum Gasteiger partial charge on any atom is 0.337 e. The predicted molar refractivity (Wildman–Crippen MR) is 60.6 cm³/mol. The number of rotatable bonds is 1. The summed E-state index contributed by atoms with van der Waals surface area (Å²) >= 11 is 0. The molecule has 0 unspecified atom stereocenters. The summed E-state index contributed by atoms with van der Waals surface area (Å²) in [6, 6.07) is 5.09. The van der Waals surface area contributed by atoms with E-state index in [1.54, 1.807) is 24.4 Å². The second-order valence-electron chi connectivity index (χ2n) is 3.54. The lowest BCUT2D eigenvalue weighted by atomic mass is 10.1. The first-order valence-corrected chi connectivity index (χ1v) is 5.00. The number of carbonyl (C=O) groups is 1. The lowest BCUT2D eigenvalue weighted by molar-refractivity contribution is 0.0601. The summed E-state index contributed by atoms with van der Waals surface area (Å²) < 4.78 is 10.2. The van der Waals surface area contributed by atoms with Gasteiger partial charge >= 0.3 is 5.97 Å². The van der Waals surface area contributed by atoms with E-state index in [-0.39, 0.29) is 5.97 Å². The molecule has 0 N–H and O–H groups in total.